The molecule has 3 heteroatoms. The van der Waals surface area contributed by atoms with Gasteiger partial charge in [-0.15, -0.1) is 0 Å². The first-order valence-electron chi connectivity index (χ1n) is 4.18. The predicted octanol–water partition coefficient (Wildman–Crippen LogP) is 1.27. The molecule has 70 valence electrons. The molecule has 0 aliphatic rings. The molecule has 0 bridgehead atoms. The summed E-state index contributed by atoms with van der Waals surface area (Å²) in [6.07, 6.45) is 4.79. The van der Waals surface area contributed by atoms with Gasteiger partial charge in [0.25, 0.3) is 0 Å². The van der Waals surface area contributed by atoms with Crippen molar-refractivity contribution in [2.45, 2.75) is 32.8 Å². The molecule has 1 unspecified atom stereocenters. The zero-order valence-corrected chi connectivity index (χ0v) is 7.62. The largest absolute Gasteiger partial charge is 0.460 e. The minimum Gasteiger partial charge on any atom is -0.460 e. The second-order valence-corrected chi connectivity index (χ2v) is 2.57. The Balaban J connectivity index is 3.37. The van der Waals surface area contributed by atoms with Crippen LogP contribution in [0.4, 0.5) is 0 Å². The van der Waals surface area contributed by atoms with Gasteiger partial charge in [0.05, 0.1) is 0 Å². The van der Waals surface area contributed by atoms with Crippen molar-refractivity contribution in [3.63, 3.8) is 0 Å². The second-order valence-electron chi connectivity index (χ2n) is 2.57. The highest BCUT2D eigenvalue weighted by Crippen LogP contribution is 1.90. The van der Waals surface area contributed by atoms with Gasteiger partial charge in [0, 0.05) is 0 Å². The molecule has 12 heavy (non-hydrogen) atoms. The van der Waals surface area contributed by atoms with Crippen molar-refractivity contribution in [2.24, 2.45) is 0 Å². The summed E-state index contributed by atoms with van der Waals surface area (Å²) in [5.74, 6) is -0.573. The Labute approximate surface area is 73.0 Å². The molecule has 0 aromatic rings. The van der Waals surface area contributed by atoms with Gasteiger partial charge in [0.2, 0.25) is 0 Å². The lowest BCUT2D eigenvalue weighted by molar-refractivity contribution is -0.151. The molecule has 0 saturated carbocycles. The first-order valence-corrected chi connectivity index (χ1v) is 4.18. The summed E-state index contributed by atoms with van der Waals surface area (Å²) < 4.78 is 4.67. The van der Waals surface area contributed by atoms with Crippen LogP contribution in [0.1, 0.15) is 26.7 Å². The maximum Gasteiger partial charge on any atom is 0.334 e. The molecule has 0 fully saturated rings. The van der Waals surface area contributed by atoms with Crippen LogP contribution in [-0.4, -0.2) is 23.8 Å². The molecule has 0 aromatic carbocycles. The summed E-state index contributed by atoms with van der Waals surface area (Å²) in [5, 5.41) is 8.72. The van der Waals surface area contributed by atoms with Gasteiger partial charge in [0.1, 0.15) is 12.7 Å². The summed E-state index contributed by atoms with van der Waals surface area (Å²) in [6.45, 7) is 3.72. The molecule has 0 rings (SSSR count). The number of allylic oxidation sites excluding steroid dienone is 1. The number of carbonyl (C=O) groups is 1. The number of esters is 1. The van der Waals surface area contributed by atoms with Crippen molar-refractivity contribution in [2.75, 3.05) is 6.61 Å². The van der Waals surface area contributed by atoms with E-state index in [1.54, 1.807) is 6.08 Å². The molecule has 1 atom stereocenters. The van der Waals surface area contributed by atoms with Crippen LogP contribution in [0, 0.1) is 0 Å². The van der Waals surface area contributed by atoms with Crippen LogP contribution >= 0.6 is 0 Å². The highest BCUT2D eigenvalue weighted by atomic mass is 16.5. The second kappa shape index (κ2) is 6.85. The Morgan fingerprint density at radius 3 is 2.75 bits per heavy atom. The van der Waals surface area contributed by atoms with Gasteiger partial charge in [-0.05, 0) is 13.3 Å². The molecule has 1 N–H and O–H groups in total. The van der Waals surface area contributed by atoms with Crippen molar-refractivity contribution in [3.8, 4) is 0 Å². The van der Waals surface area contributed by atoms with Crippen LogP contribution in [0.2, 0.25) is 0 Å². The van der Waals surface area contributed by atoms with Gasteiger partial charge in [0.15, 0.2) is 0 Å². The van der Waals surface area contributed by atoms with Gasteiger partial charge in [-0.2, -0.15) is 0 Å². The van der Waals surface area contributed by atoms with Crippen molar-refractivity contribution in [1.29, 1.82) is 0 Å². The minimum absolute atomic E-state index is 0.254. The molecule has 0 radical (unpaired) electrons. The van der Waals surface area contributed by atoms with Crippen molar-refractivity contribution in [3.05, 3.63) is 12.2 Å². The standard InChI is InChI=1S/C9H16O3/c1-3-4-5-6-7-12-9(11)8(2)10/h5-6,8,10H,3-4,7H2,1-2H3. The van der Waals surface area contributed by atoms with E-state index < -0.39 is 12.1 Å². The number of hydrogen-bond donors (Lipinski definition) is 1. The molecular weight excluding hydrogens is 156 g/mol. The first kappa shape index (κ1) is 11.2. The number of hydrogen-bond acceptors (Lipinski definition) is 3. The molecule has 0 aromatic heterocycles. The Morgan fingerprint density at radius 2 is 2.25 bits per heavy atom. The fourth-order valence-corrected chi connectivity index (χ4v) is 0.603. The third-order valence-corrected chi connectivity index (χ3v) is 1.28. The van der Waals surface area contributed by atoms with Gasteiger partial charge >= 0.3 is 5.97 Å². The highest BCUT2D eigenvalue weighted by molar-refractivity contribution is 5.73. The zero-order valence-electron chi connectivity index (χ0n) is 7.62. The summed E-state index contributed by atoms with van der Waals surface area (Å²) in [7, 11) is 0. The smallest absolute Gasteiger partial charge is 0.334 e. The summed E-state index contributed by atoms with van der Waals surface area (Å²) in [4.78, 5) is 10.7. The number of aliphatic hydroxyl groups excluding tert-OH is 1. The van der Waals surface area contributed by atoms with Gasteiger partial charge < -0.3 is 9.84 Å². The van der Waals surface area contributed by atoms with Gasteiger partial charge in [-0.1, -0.05) is 25.5 Å². The van der Waals surface area contributed by atoms with Crippen LogP contribution in [0.15, 0.2) is 12.2 Å². The number of ether oxygens (including phenoxy) is 1. The van der Waals surface area contributed by atoms with E-state index in [9.17, 15) is 4.79 Å². The van der Waals surface area contributed by atoms with E-state index in [0.717, 1.165) is 12.8 Å². The third kappa shape index (κ3) is 5.92. The molecule has 0 aliphatic heterocycles. The maximum atomic E-state index is 10.7. The maximum absolute atomic E-state index is 10.7. The summed E-state index contributed by atoms with van der Waals surface area (Å²) in [5.41, 5.74) is 0. The van der Waals surface area contributed by atoms with Crippen LogP contribution in [0.25, 0.3) is 0 Å². The van der Waals surface area contributed by atoms with Crippen LogP contribution in [0.5, 0.6) is 0 Å². The predicted molar refractivity (Wildman–Crippen MR) is 46.7 cm³/mol. The quantitative estimate of drug-likeness (QED) is 0.501. The average molecular weight is 172 g/mol. The van der Waals surface area contributed by atoms with Crippen molar-refractivity contribution < 1.29 is 14.6 Å². The monoisotopic (exact) mass is 172 g/mol. The molecule has 3 nitrogen and oxygen atoms in total. The van der Waals surface area contributed by atoms with Gasteiger partial charge in [-0.25, -0.2) is 4.79 Å². The van der Waals surface area contributed by atoms with E-state index in [1.807, 2.05) is 6.08 Å². The Hall–Kier alpha value is -0.830. The average Bonchev–Trinajstić information content (AvgIpc) is 2.03. The zero-order chi connectivity index (χ0) is 9.40. The molecular formula is C9H16O3. The van der Waals surface area contributed by atoms with Crippen LogP contribution in [0.3, 0.4) is 0 Å². The van der Waals surface area contributed by atoms with Crippen LogP contribution in [-0.2, 0) is 9.53 Å². The molecule has 0 spiro atoms. The van der Waals surface area contributed by atoms with Crippen molar-refractivity contribution in [1.82, 2.24) is 0 Å². The highest BCUT2D eigenvalue weighted by Gasteiger charge is 2.07. The van der Waals surface area contributed by atoms with Crippen LogP contribution < -0.4 is 0 Å². The Bertz CT molecular complexity index is 150. The van der Waals surface area contributed by atoms with Crippen molar-refractivity contribution >= 4 is 5.97 Å². The SMILES string of the molecule is CCCC=CCOC(=O)C(C)O. The van der Waals surface area contributed by atoms with E-state index in [0.29, 0.717) is 0 Å². The molecule has 0 aliphatic carbocycles. The fourth-order valence-electron chi connectivity index (χ4n) is 0.603. The van der Waals surface area contributed by atoms with E-state index in [2.05, 4.69) is 11.7 Å². The summed E-state index contributed by atoms with van der Waals surface area (Å²) in [6, 6.07) is 0. The Kier molecular flexibility index (Phi) is 6.38. The molecule has 0 amide bonds. The number of rotatable bonds is 5. The van der Waals surface area contributed by atoms with E-state index >= 15 is 0 Å². The van der Waals surface area contributed by atoms with E-state index in [1.165, 1.54) is 6.92 Å². The lowest BCUT2D eigenvalue weighted by Crippen LogP contribution is -2.19. The first-order chi connectivity index (χ1) is 5.68. The Morgan fingerprint density at radius 1 is 1.58 bits per heavy atom. The molecule has 0 heterocycles. The number of unbranched alkanes of at least 4 members (excludes halogenated alkanes) is 1. The van der Waals surface area contributed by atoms with E-state index in [4.69, 9.17) is 5.11 Å². The lowest BCUT2D eigenvalue weighted by Gasteiger charge is -2.02. The topological polar surface area (TPSA) is 46.5 Å². The normalized spacial score (nSPS) is 13.2. The molecule has 0 saturated heterocycles. The van der Waals surface area contributed by atoms with Gasteiger partial charge in [-0.3, -0.25) is 0 Å². The minimum atomic E-state index is -1.02. The number of aliphatic hydroxyl groups is 1. The third-order valence-electron chi connectivity index (χ3n) is 1.28. The lowest BCUT2D eigenvalue weighted by atomic mass is 10.3. The number of carbonyl (C=O) groups excluding carboxylic acids is 1. The fraction of sp³-hybridized carbons (Fsp3) is 0.667. The summed E-state index contributed by atoms with van der Waals surface area (Å²) >= 11 is 0. The van der Waals surface area contributed by atoms with E-state index in [-0.39, 0.29) is 6.61 Å².